The SMILES string of the molecule is CCCCC1CCC(C(Cc2cccc(F)c2)NN)CC1. The van der Waals surface area contributed by atoms with Crippen molar-refractivity contribution in [1.82, 2.24) is 5.43 Å². The van der Waals surface area contributed by atoms with Crippen LogP contribution in [0.5, 0.6) is 0 Å². The first kappa shape index (κ1) is 16.4. The van der Waals surface area contributed by atoms with Crippen LogP contribution in [0.15, 0.2) is 24.3 Å². The zero-order valence-corrected chi connectivity index (χ0v) is 13.2. The number of hydrogen-bond donors (Lipinski definition) is 2. The van der Waals surface area contributed by atoms with Crippen molar-refractivity contribution in [2.75, 3.05) is 0 Å². The Morgan fingerprint density at radius 2 is 2.05 bits per heavy atom. The van der Waals surface area contributed by atoms with Crippen LogP contribution >= 0.6 is 0 Å². The molecule has 1 fully saturated rings. The first-order chi connectivity index (χ1) is 10.2. The smallest absolute Gasteiger partial charge is 0.123 e. The van der Waals surface area contributed by atoms with Crippen LogP contribution in [0.1, 0.15) is 57.4 Å². The molecule has 0 amide bonds. The minimum Gasteiger partial charge on any atom is -0.271 e. The molecule has 3 heteroatoms. The molecule has 1 atom stereocenters. The molecule has 0 heterocycles. The van der Waals surface area contributed by atoms with Crippen molar-refractivity contribution in [3.63, 3.8) is 0 Å². The van der Waals surface area contributed by atoms with E-state index < -0.39 is 0 Å². The summed E-state index contributed by atoms with van der Waals surface area (Å²) in [6, 6.07) is 7.14. The Labute approximate surface area is 128 Å². The summed E-state index contributed by atoms with van der Waals surface area (Å²) in [4.78, 5) is 0. The Balaban J connectivity index is 1.85. The van der Waals surface area contributed by atoms with Crippen LogP contribution in [0.2, 0.25) is 0 Å². The molecule has 0 spiro atoms. The van der Waals surface area contributed by atoms with Gasteiger partial charge in [-0.25, -0.2) is 4.39 Å². The fourth-order valence-corrected chi connectivity index (χ4v) is 3.65. The van der Waals surface area contributed by atoms with Gasteiger partial charge in [0.25, 0.3) is 0 Å². The molecule has 0 aliphatic heterocycles. The summed E-state index contributed by atoms with van der Waals surface area (Å²) in [6.07, 6.45) is 10.0. The molecule has 2 rings (SSSR count). The average Bonchev–Trinajstić information content (AvgIpc) is 2.51. The number of nitrogens with two attached hydrogens (primary N) is 1. The van der Waals surface area contributed by atoms with E-state index >= 15 is 0 Å². The molecule has 0 aromatic heterocycles. The summed E-state index contributed by atoms with van der Waals surface area (Å²) >= 11 is 0. The summed E-state index contributed by atoms with van der Waals surface area (Å²) in [5.41, 5.74) is 4.01. The maximum atomic E-state index is 13.3. The van der Waals surface area contributed by atoms with Gasteiger partial charge in [-0.05, 0) is 48.8 Å². The molecule has 2 nitrogen and oxygen atoms in total. The Hall–Kier alpha value is -0.930. The highest BCUT2D eigenvalue weighted by molar-refractivity contribution is 5.17. The van der Waals surface area contributed by atoms with E-state index in [0.717, 1.165) is 17.9 Å². The van der Waals surface area contributed by atoms with Crippen LogP contribution in [0, 0.1) is 17.7 Å². The van der Waals surface area contributed by atoms with Gasteiger partial charge in [0.05, 0.1) is 0 Å². The number of hydrazine groups is 1. The van der Waals surface area contributed by atoms with Crippen molar-refractivity contribution in [2.45, 2.75) is 64.3 Å². The Morgan fingerprint density at radius 1 is 1.29 bits per heavy atom. The quantitative estimate of drug-likeness (QED) is 0.584. The second-order valence-corrected chi connectivity index (χ2v) is 6.53. The lowest BCUT2D eigenvalue weighted by Crippen LogP contribution is -2.43. The van der Waals surface area contributed by atoms with Gasteiger partial charge >= 0.3 is 0 Å². The van der Waals surface area contributed by atoms with Crippen molar-refractivity contribution in [1.29, 1.82) is 0 Å². The van der Waals surface area contributed by atoms with E-state index in [9.17, 15) is 4.39 Å². The fourth-order valence-electron chi connectivity index (χ4n) is 3.65. The molecule has 1 unspecified atom stereocenters. The molecule has 1 aromatic carbocycles. The monoisotopic (exact) mass is 292 g/mol. The average molecular weight is 292 g/mol. The third-order valence-corrected chi connectivity index (χ3v) is 4.99. The highest BCUT2D eigenvalue weighted by Gasteiger charge is 2.26. The van der Waals surface area contributed by atoms with Gasteiger partial charge in [-0.2, -0.15) is 0 Å². The van der Waals surface area contributed by atoms with Crippen molar-refractivity contribution >= 4 is 0 Å². The highest BCUT2D eigenvalue weighted by atomic mass is 19.1. The second-order valence-electron chi connectivity index (χ2n) is 6.53. The molecule has 1 aliphatic carbocycles. The summed E-state index contributed by atoms with van der Waals surface area (Å²) in [5, 5.41) is 0. The third-order valence-electron chi connectivity index (χ3n) is 4.99. The molecule has 0 radical (unpaired) electrons. The summed E-state index contributed by atoms with van der Waals surface area (Å²) < 4.78 is 13.3. The van der Waals surface area contributed by atoms with Crippen molar-refractivity contribution < 1.29 is 4.39 Å². The molecule has 0 bridgehead atoms. The van der Waals surface area contributed by atoms with Crippen LogP contribution in [0.3, 0.4) is 0 Å². The van der Waals surface area contributed by atoms with E-state index in [-0.39, 0.29) is 11.9 Å². The first-order valence-corrected chi connectivity index (χ1v) is 8.43. The third kappa shape index (κ3) is 5.08. The first-order valence-electron chi connectivity index (χ1n) is 8.43. The minimum absolute atomic E-state index is 0.161. The number of unbranched alkanes of at least 4 members (excludes halogenated alkanes) is 1. The topological polar surface area (TPSA) is 38.0 Å². The van der Waals surface area contributed by atoms with Gasteiger partial charge in [0.1, 0.15) is 5.82 Å². The zero-order valence-electron chi connectivity index (χ0n) is 13.2. The largest absolute Gasteiger partial charge is 0.271 e. The summed E-state index contributed by atoms with van der Waals surface area (Å²) in [6.45, 7) is 2.26. The maximum absolute atomic E-state index is 13.3. The molecular weight excluding hydrogens is 263 g/mol. The van der Waals surface area contributed by atoms with Crippen LogP contribution in [-0.4, -0.2) is 6.04 Å². The lowest BCUT2D eigenvalue weighted by atomic mass is 9.76. The van der Waals surface area contributed by atoms with Gasteiger partial charge < -0.3 is 0 Å². The van der Waals surface area contributed by atoms with Gasteiger partial charge in [0.2, 0.25) is 0 Å². The predicted molar refractivity (Wildman–Crippen MR) is 86.2 cm³/mol. The highest BCUT2D eigenvalue weighted by Crippen LogP contribution is 2.34. The molecule has 1 saturated carbocycles. The molecule has 3 N–H and O–H groups in total. The van der Waals surface area contributed by atoms with Gasteiger partial charge in [0.15, 0.2) is 0 Å². The minimum atomic E-state index is -0.161. The zero-order chi connectivity index (χ0) is 15.1. The Kier molecular flexibility index (Phi) is 6.65. The van der Waals surface area contributed by atoms with Crippen molar-refractivity contribution in [2.24, 2.45) is 17.7 Å². The van der Waals surface area contributed by atoms with Gasteiger partial charge in [-0.1, -0.05) is 51.2 Å². The van der Waals surface area contributed by atoms with Gasteiger partial charge in [0, 0.05) is 6.04 Å². The summed E-state index contributed by atoms with van der Waals surface area (Å²) in [5.74, 6) is 7.13. The van der Waals surface area contributed by atoms with Crippen LogP contribution in [0.25, 0.3) is 0 Å². The molecule has 1 aromatic rings. The summed E-state index contributed by atoms with van der Waals surface area (Å²) in [7, 11) is 0. The van der Waals surface area contributed by atoms with Crippen molar-refractivity contribution in [3.8, 4) is 0 Å². The molecule has 118 valence electrons. The van der Waals surface area contributed by atoms with E-state index in [4.69, 9.17) is 5.84 Å². The van der Waals surface area contributed by atoms with Gasteiger partial charge in [-0.3, -0.25) is 11.3 Å². The maximum Gasteiger partial charge on any atom is 0.123 e. The van der Waals surface area contributed by atoms with Crippen LogP contribution in [-0.2, 0) is 6.42 Å². The van der Waals surface area contributed by atoms with Crippen molar-refractivity contribution in [3.05, 3.63) is 35.6 Å². The number of rotatable bonds is 7. The Morgan fingerprint density at radius 3 is 2.67 bits per heavy atom. The molecule has 21 heavy (non-hydrogen) atoms. The Bertz CT molecular complexity index is 413. The standard InChI is InChI=1S/C18H29FN2/c1-2-3-5-14-8-10-16(11-9-14)18(21-20)13-15-6-4-7-17(19)12-15/h4,6-7,12,14,16,18,21H,2-3,5,8-11,13,20H2,1H3. The predicted octanol–water partition coefficient (Wildman–Crippen LogP) is 4.20. The van der Waals surface area contributed by atoms with Crippen LogP contribution in [0.4, 0.5) is 4.39 Å². The van der Waals surface area contributed by atoms with Gasteiger partial charge in [-0.15, -0.1) is 0 Å². The van der Waals surface area contributed by atoms with E-state index in [2.05, 4.69) is 12.3 Å². The van der Waals surface area contributed by atoms with E-state index in [0.29, 0.717) is 5.92 Å². The lowest BCUT2D eigenvalue weighted by Gasteiger charge is -2.33. The second kappa shape index (κ2) is 8.50. The fraction of sp³-hybridized carbons (Fsp3) is 0.667. The lowest BCUT2D eigenvalue weighted by molar-refractivity contribution is 0.211. The molecular formula is C18H29FN2. The van der Waals surface area contributed by atoms with E-state index in [1.165, 1.54) is 51.0 Å². The number of halogens is 1. The molecule has 0 saturated heterocycles. The number of hydrogen-bond acceptors (Lipinski definition) is 2. The van der Waals surface area contributed by atoms with E-state index in [1.807, 2.05) is 6.07 Å². The number of benzene rings is 1. The van der Waals surface area contributed by atoms with E-state index in [1.54, 1.807) is 12.1 Å². The normalized spacial score (nSPS) is 24.0. The van der Waals surface area contributed by atoms with Crippen LogP contribution < -0.4 is 11.3 Å². The number of nitrogens with one attached hydrogen (secondary N) is 1. The molecule has 1 aliphatic rings.